The molecule has 4 heterocycles. The smallest absolute Gasteiger partial charge is 0.232 e. The van der Waals surface area contributed by atoms with Crippen LogP contribution >= 0.6 is 0 Å². The van der Waals surface area contributed by atoms with Gasteiger partial charge in [-0.3, -0.25) is 0 Å². The van der Waals surface area contributed by atoms with E-state index in [1.165, 1.54) is 24.4 Å². The quantitative estimate of drug-likeness (QED) is 0.476. The maximum absolute atomic E-state index is 6.36. The summed E-state index contributed by atoms with van der Waals surface area (Å²) in [5, 5.41) is 12.5. The summed E-state index contributed by atoms with van der Waals surface area (Å²) in [6, 6.07) is 13.8. The van der Waals surface area contributed by atoms with Gasteiger partial charge in [-0.1, -0.05) is 54.1 Å². The molecule has 1 N–H and O–H groups in total. The molecule has 0 spiro atoms. The van der Waals surface area contributed by atoms with Crippen LogP contribution in [0.15, 0.2) is 112 Å². The van der Waals surface area contributed by atoms with Gasteiger partial charge in [0, 0.05) is 18.2 Å². The lowest BCUT2D eigenvalue weighted by Gasteiger charge is -2.40. The number of pyridine rings is 1. The van der Waals surface area contributed by atoms with Crippen LogP contribution in [-0.4, -0.2) is 36.4 Å². The largest absolute Gasteiger partial charge is 0.466 e. The maximum Gasteiger partial charge on any atom is 0.232 e. The minimum Gasteiger partial charge on any atom is -0.466 e. The Bertz CT molecular complexity index is 1310. The second kappa shape index (κ2) is 10.7. The molecule has 0 bridgehead atoms. The number of benzene rings is 1. The molecule has 194 valence electrons. The first kappa shape index (κ1) is 24.3. The number of nitrogens with one attached hydrogen (secondary N) is 1. The van der Waals surface area contributed by atoms with Crippen molar-refractivity contribution in [3.8, 4) is 0 Å². The molecular formula is C29H29N5O4. The van der Waals surface area contributed by atoms with E-state index < -0.39 is 11.3 Å². The molecular weight excluding hydrogens is 482 g/mol. The molecule has 6 rings (SSSR count). The molecule has 0 saturated carbocycles. The number of azo groups is 1. The van der Waals surface area contributed by atoms with Crippen LogP contribution in [-0.2, 0) is 31.0 Å². The number of allylic oxidation sites excluding steroid dienone is 3. The molecule has 3 unspecified atom stereocenters. The number of hydrogen-bond acceptors (Lipinski definition) is 9. The number of anilines is 1. The predicted octanol–water partition coefficient (Wildman–Crippen LogP) is 5.52. The normalized spacial score (nSPS) is 26.4. The van der Waals surface area contributed by atoms with E-state index in [0.29, 0.717) is 24.6 Å². The molecule has 1 aromatic carbocycles. The number of aromatic nitrogens is 1. The topological polar surface area (TPSA) is 98.9 Å². The molecule has 2 aromatic rings. The van der Waals surface area contributed by atoms with E-state index in [0.717, 1.165) is 30.4 Å². The minimum absolute atomic E-state index is 0.150. The standard InChI is InChI=1S/C29H29N5O4/c1-3-8-22(9-4-1)16-25(26-18-35-14-15-37-26)33-27-24(12-7-13-30-27)29(31-20-32-34-29)28(19-36-21-38-28)17-23-10-5-2-6-11-23/h1-3,5-8,10-15,18,20,25H,4,9,16-17,19,21H2,(H,30,33). The molecule has 3 atom stereocenters. The van der Waals surface area contributed by atoms with Crippen LogP contribution in [0.25, 0.3) is 0 Å². The highest BCUT2D eigenvalue weighted by Gasteiger charge is 2.59. The summed E-state index contributed by atoms with van der Waals surface area (Å²) in [4.78, 5) is 9.59. The average Bonchev–Trinajstić information content (AvgIpc) is 3.67. The molecule has 9 heteroatoms. The van der Waals surface area contributed by atoms with Crippen molar-refractivity contribution in [2.75, 3.05) is 18.7 Å². The van der Waals surface area contributed by atoms with Crippen molar-refractivity contribution in [1.82, 2.24) is 4.98 Å². The summed E-state index contributed by atoms with van der Waals surface area (Å²) >= 11 is 0. The summed E-state index contributed by atoms with van der Waals surface area (Å²) in [6.45, 7) is 0.458. The van der Waals surface area contributed by atoms with Gasteiger partial charge in [0.15, 0.2) is 5.76 Å². The van der Waals surface area contributed by atoms with E-state index in [9.17, 15) is 0 Å². The zero-order chi connectivity index (χ0) is 25.7. The lowest BCUT2D eigenvalue weighted by atomic mass is 9.78. The summed E-state index contributed by atoms with van der Waals surface area (Å²) in [7, 11) is 0. The third-order valence-corrected chi connectivity index (χ3v) is 7.15. The highest BCUT2D eigenvalue weighted by atomic mass is 16.7. The summed E-state index contributed by atoms with van der Waals surface area (Å²) < 4.78 is 23.5. The van der Waals surface area contributed by atoms with E-state index in [4.69, 9.17) is 34.0 Å². The van der Waals surface area contributed by atoms with E-state index in [1.807, 2.05) is 30.3 Å². The van der Waals surface area contributed by atoms with E-state index >= 15 is 0 Å². The van der Waals surface area contributed by atoms with Crippen molar-refractivity contribution in [1.29, 1.82) is 0 Å². The van der Waals surface area contributed by atoms with Crippen LogP contribution in [0.2, 0.25) is 0 Å². The van der Waals surface area contributed by atoms with Crippen molar-refractivity contribution >= 4 is 12.2 Å². The van der Waals surface area contributed by atoms with Gasteiger partial charge in [0.05, 0.1) is 12.6 Å². The SMILES string of the molecule is C1=CCCC(CC(Nc2ncccc2C2(C3(Cc4ccccc4)COCO3)N=CN=N2)C2=COC=CO2)=C1. The molecule has 0 amide bonds. The average molecular weight is 512 g/mol. The number of ether oxygens (including phenoxy) is 4. The molecule has 3 aliphatic heterocycles. The van der Waals surface area contributed by atoms with Crippen LogP contribution in [0.1, 0.15) is 30.4 Å². The molecule has 1 fully saturated rings. The molecule has 4 aliphatic rings. The van der Waals surface area contributed by atoms with Crippen LogP contribution in [0, 0.1) is 0 Å². The van der Waals surface area contributed by atoms with Crippen molar-refractivity contribution in [3.05, 3.63) is 108 Å². The van der Waals surface area contributed by atoms with Gasteiger partial charge >= 0.3 is 0 Å². The Kier molecular flexibility index (Phi) is 6.85. The highest BCUT2D eigenvalue weighted by Crippen LogP contribution is 2.49. The van der Waals surface area contributed by atoms with Crippen LogP contribution < -0.4 is 5.32 Å². The Balaban J connectivity index is 1.39. The summed E-state index contributed by atoms with van der Waals surface area (Å²) in [5.74, 6) is 1.27. The Morgan fingerprint density at radius 1 is 1.08 bits per heavy atom. The molecule has 0 radical (unpaired) electrons. The zero-order valence-corrected chi connectivity index (χ0v) is 20.9. The Morgan fingerprint density at radius 3 is 2.76 bits per heavy atom. The third-order valence-electron chi connectivity index (χ3n) is 7.15. The first-order valence-electron chi connectivity index (χ1n) is 12.7. The molecule has 1 aromatic heterocycles. The van der Waals surface area contributed by atoms with Gasteiger partial charge in [-0.25, -0.2) is 9.98 Å². The van der Waals surface area contributed by atoms with Crippen LogP contribution in [0.3, 0.4) is 0 Å². The van der Waals surface area contributed by atoms with Gasteiger partial charge < -0.3 is 24.3 Å². The molecule has 9 nitrogen and oxygen atoms in total. The summed E-state index contributed by atoms with van der Waals surface area (Å²) in [6.07, 6.45) is 17.6. The van der Waals surface area contributed by atoms with Gasteiger partial charge in [0.25, 0.3) is 0 Å². The van der Waals surface area contributed by atoms with Crippen molar-refractivity contribution in [3.63, 3.8) is 0 Å². The van der Waals surface area contributed by atoms with Crippen LogP contribution in [0.5, 0.6) is 0 Å². The van der Waals surface area contributed by atoms with E-state index in [2.05, 4.69) is 40.8 Å². The molecule has 1 aliphatic carbocycles. The lowest BCUT2D eigenvalue weighted by Crippen LogP contribution is -2.53. The minimum atomic E-state index is -1.19. The van der Waals surface area contributed by atoms with Gasteiger partial charge in [-0.2, -0.15) is 0 Å². The second-order valence-electron chi connectivity index (χ2n) is 9.54. The zero-order valence-electron chi connectivity index (χ0n) is 20.9. The Labute approximate surface area is 221 Å². The fourth-order valence-electron chi connectivity index (χ4n) is 5.29. The van der Waals surface area contributed by atoms with Crippen molar-refractivity contribution in [2.24, 2.45) is 15.2 Å². The molecule has 1 saturated heterocycles. The first-order chi connectivity index (χ1) is 18.8. The second-order valence-corrected chi connectivity index (χ2v) is 9.54. The fraction of sp³-hybridized carbons (Fsp3) is 0.310. The highest BCUT2D eigenvalue weighted by molar-refractivity contribution is 5.62. The number of hydrogen-bond donors (Lipinski definition) is 1. The Hall–Kier alpha value is -4.08. The predicted molar refractivity (Wildman–Crippen MR) is 142 cm³/mol. The monoisotopic (exact) mass is 511 g/mol. The third kappa shape index (κ3) is 4.66. The van der Waals surface area contributed by atoms with Crippen LogP contribution in [0.4, 0.5) is 5.82 Å². The number of aliphatic imine (C=N–C) groups is 1. The lowest BCUT2D eigenvalue weighted by molar-refractivity contribution is -0.0567. The van der Waals surface area contributed by atoms with Crippen molar-refractivity contribution in [2.45, 2.75) is 43.0 Å². The van der Waals surface area contributed by atoms with Gasteiger partial charge in [0.1, 0.15) is 43.3 Å². The van der Waals surface area contributed by atoms with E-state index in [1.54, 1.807) is 12.5 Å². The van der Waals surface area contributed by atoms with Gasteiger partial charge in [-0.05, 0) is 37.0 Å². The summed E-state index contributed by atoms with van der Waals surface area (Å²) in [5.41, 5.74) is 1.04. The fourth-order valence-corrected chi connectivity index (χ4v) is 5.29. The number of rotatable bonds is 9. The molecule has 38 heavy (non-hydrogen) atoms. The van der Waals surface area contributed by atoms with E-state index in [-0.39, 0.29) is 12.8 Å². The van der Waals surface area contributed by atoms with Crippen molar-refractivity contribution < 1.29 is 18.9 Å². The van der Waals surface area contributed by atoms with Gasteiger partial charge in [0.2, 0.25) is 5.66 Å². The van der Waals surface area contributed by atoms with Gasteiger partial charge in [-0.15, -0.1) is 10.2 Å². The maximum atomic E-state index is 6.36. The number of nitrogens with zero attached hydrogens (tertiary/aromatic N) is 4. The first-order valence-corrected chi connectivity index (χ1v) is 12.7. The Morgan fingerprint density at radius 2 is 2.03 bits per heavy atom.